The summed E-state index contributed by atoms with van der Waals surface area (Å²) in [5.74, 6) is 0. The van der Waals surface area contributed by atoms with E-state index in [1.165, 1.54) is 25.9 Å². The lowest BCUT2D eigenvalue weighted by molar-refractivity contribution is 0.0676. The van der Waals surface area contributed by atoms with Crippen LogP contribution < -0.4 is 5.43 Å². The number of rotatable bonds is 4. The van der Waals surface area contributed by atoms with Gasteiger partial charge in [0.15, 0.2) is 0 Å². The van der Waals surface area contributed by atoms with Crippen LogP contribution in [0, 0.1) is 0 Å². The summed E-state index contributed by atoms with van der Waals surface area (Å²) in [6.07, 6.45) is 4.69. The molecule has 0 aliphatic carbocycles. The average molecular weight is 213 g/mol. The maximum absolute atomic E-state index is 9.52. The quantitative estimate of drug-likeness (QED) is 0.692. The predicted octanol–water partition coefficient (Wildman–Crippen LogP) is 0.0435. The lowest BCUT2D eigenvalue weighted by Crippen LogP contribution is -2.44. The summed E-state index contributed by atoms with van der Waals surface area (Å²) in [5, 5.41) is 11.8. The first-order chi connectivity index (χ1) is 7.34. The molecule has 15 heavy (non-hydrogen) atoms. The van der Waals surface area contributed by atoms with E-state index in [0.717, 1.165) is 39.0 Å². The van der Waals surface area contributed by atoms with Gasteiger partial charge in [0.05, 0.1) is 6.10 Å². The average Bonchev–Trinajstić information content (AvgIpc) is 2.71. The fourth-order valence-electron chi connectivity index (χ4n) is 2.48. The maximum atomic E-state index is 9.52. The minimum Gasteiger partial charge on any atom is -0.392 e. The number of aliphatic hydroxyl groups is 1. The van der Waals surface area contributed by atoms with Gasteiger partial charge in [-0.05, 0) is 32.2 Å². The molecular weight excluding hydrogens is 190 g/mol. The number of piperidine rings is 1. The van der Waals surface area contributed by atoms with Crippen LogP contribution in [0.1, 0.15) is 25.7 Å². The van der Waals surface area contributed by atoms with Crippen molar-refractivity contribution in [2.75, 3.05) is 39.3 Å². The summed E-state index contributed by atoms with van der Waals surface area (Å²) in [6, 6.07) is 0. The van der Waals surface area contributed by atoms with Crippen LogP contribution in [0.2, 0.25) is 0 Å². The van der Waals surface area contributed by atoms with E-state index in [2.05, 4.69) is 15.3 Å². The lowest BCUT2D eigenvalue weighted by Gasteiger charge is -2.30. The molecule has 2 fully saturated rings. The van der Waals surface area contributed by atoms with Crippen LogP contribution in [0.3, 0.4) is 0 Å². The number of hydrogen-bond acceptors (Lipinski definition) is 4. The van der Waals surface area contributed by atoms with Gasteiger partial charge >= 0.3 is 0 Å². The smallest absolute Gasteiger partial charge is 0.0667 e. The zero-order valence-corrected chi connectivity index (χ0v) is 9.49. The summed E-state index contributed by atoms with van der Waals surface area (Å²) >= 11 is 0. The Labute approximate surface area is 92.2 Å². The van der Waals surface area contributed by atoms with Crippen LogP contribution >= 0.6 is 0 Å². The molecule has 2 aliphatic rings. The first-order valence-corrected chi connectivity index (χ1v) is 6.23. The van der Waals surface area contributed by atoms with Gasteiger partial charge in [-0.3, -0.25) is 10.3 Å². The summed E-state index contributed by atoms with van der Waals surface area (Å²) in [4.78, 5) is 2.36. The highest BCUT2D eigenvalue weighted by atomic mass is 16.3. The number of nitrogens with zero attached hydrogens (tertiary/aromatic N) is 2. The standard InChI is InChI=1S/C11H23N3O/c15-11-4-3-6-13(10-11)9-5-12-14-7-1-2-8-14/h11-12,15H,1-10H2/t11-/m1/s1. The molecule has 0 amide bonds. The number of hydrogen-bond donors (Lipinski definition) is 2. The number of aliphatic hydroxyl groups excluding tert-OH is 1. The molecule has 2 N–H and O–H groups in total. The monoisotopic (exact) mass is 213 g/mol. The van der Waals surface area contributed by atoms with Crippen molar-refractivity contribution >= 4 is 0 Å². The van der Waals surface area contributed by atoms with Crippen molar-refractivity contribution in [3.05, 3.63) is 0 Å². The highest BCUT2D eigenvalue weighted by Crippen LogP contribution is 2.09. The van der Waals surface area contributed by atoms with Crippen molar-refractivity contribution in [3.8, 4) is 0 Å². The molecule has 0 saturated carbocycles. The fourth-order valence-corrected chi connectivity index (χ4v) is 2.48. The molecule has 4 heteroatoms. The van der Waals surface area contributed by atoms with E-state index in [1.807, 2.05) is 0 Å². The van der Waals surface area contributed by atoms with Crippen molar-refractivity contribution in [1.29, 1.82) is 0 Å². The van der Waals surface area contributed by atoms with Crippen LogP contribution in [0.4, 0.5) is 0 Å². The van der Waals surface area contributed by atoms with Crippen molar-refractivity contribution in [2.45, 2.75) is 31.8 Å². The van der Waals surface area contributed by atoms with Crippen molar-refractivity contribution in [3.63, 3.8) is 0 Å². The van der Waals surface area contributed by atoms with E-state index >= 15 is 0 Å². The zero-order valence-electron chi connectivity index (χ0n) is 9.49. The van der Waals surface area contributed by atoms with Crippen LogP contribution in [-0.2, 0) is 0 Å². The Morgan fingerprint density at radius 3 is 2.67 bits per heavy atom. The Bertz CT molecular complexity index is 183. The van der Waals surface area contributed by atoms with Crippen molar-refractivity contribution in [1.82, 2.24) is 15.3 Å². The largest absolute Gasteiger partial charge is 0.392 e. The van der Waals surface area contributed by atoms with Gasteiger partial charge in [-0.2, -0.15) is 0 Å². The van der Waals surface area contributed by atoms with Crippen molar-refractivity contribution in [2.24, 2.45) is 0 Å². The van der Waals surface area contributed by atoms with Crippen LogP contribution in [0.15, 0.2) is 0 Å². The van der Waals surface area contributed by atoms with Crippen LogP contribution in [-0.4, -0.2) is 60.4 Å². The van der Waals surface area contributed by atoms with Gasteiger partial charge in [0.1, 0.15) is 0 Å². The second kappa shape index (κ2) is 5.80. The molecule has 2 aliphatic heterocycles. The predicted molar refractivity (Wildman–Crippen MR) is 60.5 cm³/mol. The Balaban J connectivity index is 1.56. The lowest BCUT2D eigenvalue weighted by atomic mass is 10.1. The second-order valence-electron chi connectivity index (χ2n) is 4.70. The van der Waals surface area contributed by atoms with Gasteiger partial charge in [-0.25, -0.2) is 5.01 Å². The highest BCUT2D eigenvalue weighted by Gasteiger charge is 2.17. The Morgan fingerprint density at radius 2 is 1.93 bits per heavy atom. The molecule has 0 radical (unpaired) electrons. The molecular formula is C11H23N3O. The fraction of sp³-hybridized carbons (Fsp3) is 1.00. The van der Waals surface area contributed by atoms with Gasteiger partial charge in [-0.1, -0.05) is 0 Å². The maximum Gasteiger partial charge on any atom is 0.0667 e. The SMILES string of the molecule is O[C@@H]1CCCN(CCNN2CCCC2)C1. The number of hydrazine groups is 1. The molecule has 0 unspecified atom stereocenters. The second-order valence-corrected chi connectivity index (χ2v) is 4.70. The first-order valence-electron chi connectivity index (χ1n) is 6.23. The van der Waals surface area contributed by atoms with Gasteiger partial charge < -0.3 is 5.11 Å². The molecule has 2 heterocycles. The van der Waals surface area contributed by atoms with E-state index < -0.39 is 0 Å². The van der Waals surface area contributed by atoms with Crippen molar-refractivity contribution < 1.29 is 5.11 Å². The van der Waals surface area contributed by atoms with Gasteiger partial charge in [-0.15, -0.1) is 0 Å². The van der Waals surface area contributed by atoms with E-state index in [-0.39, 0.29) is 6.10 Å². The van der Waals surface area contributed by atoms with Crippen LogP contribution in [0.25, 0.3) is 0 Å². The third kappa shape index (κ3) is 3.72. The molecule has 0 aromatic heterocycles. The van der Waals surface area contributed by atoms with Gasteiger partial charge in [0.2, 0.25) is 0 Å². The Hall–Kier alpha value is -0.160. The van der Waals surface area contributed by atoms with E-state index in [9.17, 15) is 5.11 Å². The number of β-amino-alcohol motifs (C(OH)–C–C–N with tert-alkyl or cyclic N) is 1. The van der Waals surface area contributed by atoms with Gasteiger partial charge in [0.25, 0.3) is 0 Å². The molecule has 2 rings (SSSR count). The highest BCUT2D eigenvalue weighted by molar-refractivity contribution is 4.72. The van der Waals surface area contributed by atoms with Crippen LogP contribution in [0.5, 0.6) is 0 Å². The van der Waals surface area contributed by atoms with E-state index in [1.54, 1.807) is 0 Å². The zero-order chi connectivity index (χ0) is 10.5. The molecule has 0 bridgehead atoms. The minimum absolute atomic E-state index is 0.0921. The van der Waals surface area contributed by atoms with E-state index in [4.69, 9.17) is 0 Å². The molecule has 88 valence electrons. The summed E-state index contributed by atoms with van der Waals surface area (Å²) in [6.45, 7) is 6.49. The third-order valence-corrected chi connectivity index (χ3v) is 3.35. The molecule has 1 atom stereocenters. The Morgan fingerprint density at radius 1 is 1.13 bits per heavy atom. The van der Waals surface area contributed by atoms with Gasteiger partial charge in [0, 0.05) is 32.7 Å². The number of likely N-dealkylation sites (tertiary alicyclic amines) is 1. The molecule has 0 aromatic carbocycles. The summed E-state index contributed by atoms with van der Waals surface area (Å²) < 4.78 is 0. The molecule has 0 aromatic rings. The normalized spacial score (nSPS) is 29.8. The molecule has 2 saturated heterocycles. The topological polar surface area (TPSA) is 38.7 Å². The summed E-state index contributed by atoms with van der Waals surface area (Å²) in [7, 11) is 0. The molecule has 0 spiro atoms. The first kappa shape index (κ1) is 11.3. The third-order valence-electron chi connectivity index (χ3n) is 3.35. The van der Waals surface area contributed by atoms with E-state index in [0.29, 0.717) is 0 Å². The number of nitrogens with one attached hydrogen (secondary N) is 1. The Kier molecular flexibility index (Phi) is 4.38. The summed E-state index contributed by atoms with van der Waals surface area (Å²) in [5.41, 5.74) is 3.45. The molecule has 4 nitrogen and oxygen atoms in total. The minimum atomic E-state index is -0.0921.